The van der Waals surface area contributed by atoms with E-state index < -0.39 is 0 Å². The van der Waals surface area contributed by atoms with E-state index in [2.05, 4.69) is 64.1 Å². The lowest BCUT2D eigenvalue weighted by Crippen LogP contribution is -2.17. The second-order valence-corrected chi connectivity index (χ2v) is 8.10. The highest BCUT2D eigenvalue weighted by atomic mass is 16.5. The first-order chi connectivity index (χ1) is 12.9. The van der Waals surface area contributed by atoms with Crippen molar-refractivity contribution in [1.82, 2.24) is 0 Å². The van der Waals surface area contributed by atoms with Crippen molar-refractivity contribution >= 4 is 0 Å². The van der Waals surface area contributed by atoms with Gasteiger partial charge in [0, 0.05) is 0 Å². The minimum Gasteiger partial charge on any atom is -0.457 e. The van der Waals surface area contributed by atoms with E-state index in [4.69, 9.17) is 4.74 Å². The molecule has 0 atom stereocenters. The topological polar surface area (TPSA) is 9.23 Å². The van der Waals surface area contributed by atoms with Gasteiger partial charge in [-0.3, -0.25) is 0 Å². The fourth-order valence-electron chi connectivity index (χ4n) is 3.43. The normalized spacial score (nSPS) is 11.4. The Labute approximate surface area is 164 Å². The number of ether oxygens (including phenoxy) is 1. The lowest BCUT2D eigenvalue weighted by Gasteiger charge is -2.26. The van der Waals surface area contributed by atoms with Crippen LogP contribution in [0, 0.1) is 13.8 Å². The van der Waals surface area contributed by atoms with Crippen LogP contribution in [0.15, 0.2) is 72.8 Å². The quantitative estimate of drug-likeness (QED) is 0.427. The van der Waals surface area contributed by atoms with Crippen LogP contribution < -0.4 is 4.74 Å². The summed E-state index contributed by atoms with van der Waals surface area (Å²) in [4.78, 5) is 0. The van der Waals surface area contributed by atoms with Crippen LogP contribution in [-0.2, 0) is 11.8 Å². The van der Waals surface area contributed by atoms with Crippen LogP contribution in [0.2, 0.25) is 0 Å². The second-order valence-electron chi connectivity index (χ2n) is 8.10. The van der Waals surface area contributed by atoms with Gasteiger partial charge in [-0.05, 0) is 85.0 Å². The average molecular weight is 359 g/mol. The first kappa shape index (κ1) is 19.2. The van der Waals surface area contributed by atoms with Gasteiger partial charge in [0.2, 0.25) is 0 Å². The molecule has 0 heterocycles. The highest BCUT2D eigenvalue weighted by Crippen LogP contribution is 2.31. The van der Waals surface area contributed by atoms with Crippen molar-refractivity contribution in [2.75, 3.05) is 0 Å². The Morgan fingerprint density at radius 3 is 2.22 bits per heavy atom. The number of para-hydroxylation sites is 1. The van der Waals surface area contributed by atoms with Crippen molar-refractivity contribution < 1.29 is 4.74 Å². The summed E-state index contributed by atoms with van der Waals surface area (Å²) in [6.45, 7) is 9.09. The molecule has 3 rings (SSSR count). The standard InChI is InChI=1S/C26H30O/c1-20-15-16-23(18-21(20)2)26(3,4)17-9-11-22-10-8-14-25(19-22)27-24-12-6-5-7-13-24/h5-8,10,12-16,18-19H,9,11,17H2,1-4H3. The van der Waals surface area contributed by atoms with Gasteiger partial charge in [-0.25, -0.2) is 0 Å². The molecule has 27 heavy (non-hydrogen) atoms. The maximum atomic E-state index is 5.96. The zero-order valence-electron chi connectivity index (χ0n) is 17.0. The Morgan fingerprint density at radius 1 is 0.741 bits per heavy atom. The molecule has 1 heteroatoms. The zero-order valence-corrected chi connectivity index (χ0v) is 17.0. The first-order valence-corrected chi connectivity index (χ1v) is 9.84. The average Bonchev–Trinajstić information content (AvgIpc) is 2.65. The van der Waals surface area contributed by atoms with E-state index in [1.165, 1.54) is 28.7 Å². The van der Waals surface area contributed by atoms with Gasteiger partial charge < -0.3 is 4.74 Å². The lowest BCUT2D eigenvalue weighted by molar-refractivity contribution is 0.459. The van der Waals surface area contributed by atoms with E-state index >= 15 is 0 Å². The number of aryl methyl sites for hydroxylation is 3. The van der Waals surface area contributed by atoms with Crippen molar-refractivity contribution in [2.45, 2.75) is 52.4 Å². The molecular formula is C26H30O. The molecule has 0 N–H and O–H groups in total. The number of hydrogen-bond donors (Lipinski definition) is 0. The zero-order chi connectivity index (χ0) is 19.3. The molecule has 0 aromatic heterocycles. The van der Waals surface area contributed by atoms with Crippen LogP contribution in [0.5, 0.6) is 11.5 Å². The third kappa shape index (κ3) is 5.23. The van der Waals surface area contributed by atoms with E-state index in [9.17, 15) is 0 Å². The summed E-state index contributed by atoms with van der Waals surface area (Å²) in [5.74, 6) is 1.79. The summed E-state index contributed by atoms with van der Waals surface area (Å²) in [5, 5.41) is 0. The minimum atomic E-state index is 0.191. The van der Waals surface area contributed by atoms with Gasteiger partial charge >= 0.3 is 0 Å². The predicted molar refractivity (Wildman–Crippen MR) is 115 cm³/mol. The van der Waals surface area contributed by atoms with Crippen molar-refractivity contribution in [3.05, 3.63) is 95.1 Å². The third-order valence-electron chi connectivity index (χ3n) is 5.43. The van der Waals surface area contributed by atoms with Crippen LogP contribution >= 0.6 is 0 Å². The summed E-state index contributed by atoms with van der Waals surface area (Å²) >= 11 is 0. The molecule has 0 aliphatic carbocycles. The summed E-state index contributed by atoms with van der Waals surface area (Å²) in [6.07, 6.45) is 3.40. The molecule has 0 saturated carbocycles. The Bertz CT molecular complexity index is 878. The molecule has 3 aromatic rings. The van der Waals surface area contributed by atoms with Gasteiger partial charge in [0.25, 0.3) is 0 Å². The minimum absolute atomic E-state index is 0.191. The first-order valence-electron chi connectivity index (χ1n) is 9.84. The maximum absolute atomic E-state index is 5.96. The molecular weight excluding hydrogens is 328 g/mol. The largest absolute Gasteiger partial charge is 0.457 e. The van der Waals surface area contributed by atoms with Gasteiger partial charge in [-0.2, -0.15) is 0 Å². The number of hydrogen-bond acceptors (Lipinski definition) is 1. The molecule has 0 saturated heterocycles. The molecule has 0 spiro atoms. The molecule has 0 unspecified atom stereocenters. The van der Waals surface area contributed by atoms with Crippen molar-refractivity contribution in [3.63, 3.8) is 0 Å². The Kier molecular flexibility index (Phi) is 6.01. The highest BCUT2D eigenvalue weighted by molar-refractivity contribution is 5.35. The molecule has 0 aliphatic rings. The van der Waals surface area contributed by atoms with Crippen molar-refractivity contribution in [3.8, 4) is 11.5 Å². The van der Waals surface area contributed by atoms with Crippen molar-refractivity contribution in [2.24, 2.45) is 0 Å². The summed E-state index contributed by atoms with van der Waals surface area (Å²) < 4.78 is 5.96. The van der Waals surface area contributed by atoms with Crippen LogP contribution in [0.25, 0.3) is 0 Å². The van der Waals surface area contributed by atoms with Gasteiger partial charge in [-0.15, -0.1) is 0 Å². The van der Waals surface area contributed by atoms with Crippen LogP contribution in [-0.4, -0.2) is 0 Å². The Hall–Kier alpha value is -2.54. The van der Waals surface area contributed by atoms with E-state index in [0.29, 0.717) is 0 Å². The Balaban J connectivity index is 1.59. The van der Waals surface area contributed by atoms with Gasteiger partial charge in [0.1, 0.15) is 11.5 Å². The number of rotatable bonds is 7. The SMILES string of the molecule is Cc1ccc(C(C)(C)CCCc2cccc(Oc3ccccc3)c2)cc1C. The van der Waals surface area contributed by atoms with Gasteiger partial charge in [-0.1, -0.05) is 62.4 Å². The molecule has 3 aromatic carbocycles. The second kappa shape index (κ2) is 8.43. The summed E-state index contributed by atoms with van der Waals surface area (Å²) in [7, 11) is 0. The summed E-state index contributed by atoms with van der Waals surface area (Å²) in [6, 6.07) is 25.3. The predicted octanol–water partition coefficient (Wildman–Crippen LogP) is 7.40. The highest BCUT2D eigenvalue weighted by Gasteiger charge is 2.20. The van der Waals surface area contributed by atoms with E-state index in [1.807, 2.05) is 36.4 Å². The van der Waals surface area contributed by atoms with E-state index in [0.717, 1.165) is 24.3 Å². The fourth-order valence-corrected chi connectivity index (χ4v) is 3.43. The molecule has 0 aliphatic heterocycles. The fraction of sp³-hybridized carbons (Fsp3) is 0.308. The third-order valence-corrected chi connectivity index (χ3v) is 5.43. The lowest BCUT2D eigenvalue weighted by atomic mass is 9.79. The molecule has 1 nitrogen and oxygen atoms in total. The van der Waals surface area contributed by atoms with Gasteiger partial charge in [0.15, 0.2) is 0 Å². The number of benzene rings is 3. The van der Waals surface area contributed by atoms with E-state index in [-0.39, 0.29) is 5.41 Å². The van der Waals surface area contributed by atoms with Crippen LogP contribution in [0.1, 0.15) is 48.9 Å². The molecule has 0 amide bonds. The molecule has 0 fully saturated rings. The Morgan fingerprint density at radius 2 is 1.48 bits per heavy atom. The molecule has 0 bridgehead atoms. The maximum Gasteiger partial charge on any atom is 0.127 e. The monoisotopic (exact) mass is 358 g/mol. The van der Waals surface area contributed by atoms with E-state index in [1.54, 1.807) is 0 Å². The smallest absolute Gasteiger partial charge is 0.127 e. The molecule has 140 valence electrons. The van der Waals surface area contributed by atoms with Crippen LogP contribution in [0.3, 0.4) is 0 Å². The van der Waals surface area contributed by atoms with Crippen molar-refractivity contribution in [1.29, 1.82) is 0 Å². The van der Waals surface area contributed by atoms with Gasteiger partial charge in [0.05, 0.1) is 0 Å². The summed E-state index contributed by atoms with van der Waals surface area (Å²) in [5.41, 5.74) is 5.71. The molecule has 0 radical (unpaired) electrons. The van der Waals surface area contributed by atoms with Crippen LogP contribution in [0.4, 0.5) is 0 Å².